The van der Waals surface area contributed by atoms with Crippen molar-refractivity contribution < 1.29 is 13.2 Å². The number of alkyl halides is 3. The van der Waals surface area contributed by atoms with Crippen LogP contribution in [0.2, 0.25) is 0 Å². The fourth-order valence-corrected chi connectivity index (χ4v) is 9.66. The maximum Gasteiger partial charge on any atom is 0.418 e. The molecule has 8 aromatic carbocycles. The van der Waals surface area contributed by atoms with Gasteiger partial charge in [-0.2, -0.15) is 13.2 Å². The van der Waals surface area contributed by atoms with Gasteiger partial charge < -0.3 is 9.13 Å². The summed E-state index contributed by atoms with van der Waals surface area (Å²) in [5, 5.41) is 3.38. The molecule has 0 fully saturated rings. The number of aromatic nitrogens is 4. The zero-order chi connectivity index (χ0) is 45.9. The highest BCUT2D eigenvalue weighted by atomic mass is 19.4. The Labute approximate surface area is 389 Å². The molecule has 0 saturated heterocycles. The van der Waals surface area contributed by atoms with Crippen molar-refractivity contribution >= 4 is 49.3 Å². The molecule has 4 aromatic heterocycles. The normalized spacial score (nSPS) is 11.7. The van der Waals surface area contributed by atoms with Crippen LogP contribution in [0.5, 0.6) is 0 Å². The van der Waals surface area contributed by atoms with E-state index in [0.717, 1.165) is 66.4 Å². The van der Waals surface area contributed by atoms with Crippen LogP contribution >= 0.6 is 0 Å². The zero-order valence-electron chi connectivity index (χ0n) is 36.2. The minimum Gasteiger partial charge on any atom is -0.309 e. The Kier molecular flexibility index (Phi) is 9.59. The van der Waals surface area contributed by atoms with Crippen LogP contribution in [-0.4, -0.2) is 19.1 Å². The van der Waals surface area contributed by atoms with Crippen molar-refractivity contribution in [2.75, 3.05) is 0 Å². The Hall–Kier alpha value is -9.06. The van der Waals surface area contributed by atoms with Gasteiger partial charge in [-0.1, -0.05) is 152 Å². The molecule has 12 rings (SSSR count). The smallest absolute Gasteiger partial charge is 0.309 e. The molecule has 0 atom stereocenters. The van der Waals surface area contributed by atoms with Crippen LogP contribution < -0.4 is 0 Å². The summed E-state index contributed by atoms with van der Waals surface area (Å²) in [6.07, 6.45) is -4.80. The predicted molar refractivity (Wildman–Crippen MR) is 269 cm³/mol. The van der Waals surface area contributed by atoms with Gasteiger partial charge in [0, 0.05) is 49.4 Å². The van der Waals surface area contributed by atoms with Gasteiger partial charge in [0.25, 0.3) is 0 Å². The molecule has 0 bridgehead atoms. The number of hydrogen-bond acceptors (Lipinski definition) is 2. The van der Waals surface area contributed by atoms with Gasteiger partial charge in [0.1, 0.15) is 0 Å². The Balaban J connectivity index is 1.14. The molecular weight excluding hydrogens is 848 g/mol. The van der Waals surface area contributed by atoms with E-state index in [9.17, 15) is 0 Å². The van der Waals surface area contributed by atoms with Gasteiger partial charge in [0.2, 0.25) is 0 Å². The number of hydrogen-bond donors (Lipinski definition) is 0. The summed E-state index contributed by atoms with van der Waals surface area (Å²) in [5.74, 6) is 0. The molecule has 0 aliphatic heterocycles. The van der Waals surface area contributed by atoms with Gasteiger partial charge in [-0.3, -0.25) is 0 Å². The molecule has 0 N–H and O–H groups in total. The summed E-state index contributed by atoms with van der Waals surface area (Å²) in [5.41, 5.74) is 10.2. The number of fused-ring (bicyclic) bond motifs is 6. The van der Waals surface area contributed by atoms with Crippen molar-refractivity contribution in [1.29, 1.82) is 0 Å². The van der Waals surface area contributed by atoms with Crippen LogP contribution in [0.3, 0.4) is 0 Å². The molecule has 322 valence electrons. The highest BCUT2D eigenvalue weighted by Gasteiger charge is 2.37. The Morgan fingerprint density at radius 1 is 0.368 bits per heavy atom. The van der Waals surface area contributed by atoms with E-state index in [4.69, 9.17) is 16.5 Å². The molecule has 8 heteroatoms. The van der Waals surface area contributed by atoms with E-state index in [1.54, 1.807) is 28.8 Å². The van der Waals surface area contributed by atoms with Gasteiger partial charge in [0.05, 0.1) is 68.4 Å². The van der Waals surface area contributed by atoms with Crippen LogP contribution in [0, 0.1) is 6.57 Å². The summed E-state index contributed by atoms with van der Waals surface area (Å²) in [7, 11) is 0. The molecule has 0 aliphatic rings. The lowest BCUT2D eigenvalue weighted by Gasteiger charge is -2.22. The van der Waals surface area contributed by atoms with E-state index in [0.29, 0.717) is 44.7 Å². The zero-order valence-corrected chi connectivity index (χ0v) is 36.2. The van der Waals surface area contributed by atoms with Gasteiger partial charge >= 0.3 is 6.18 Å². The van der Waals surface area contributed by atoms with E-state index in [1.165, 1.54) is 6.07 Å². The van der Waals surface area contributed by atoms with E-state index in [1.807, 2.05) is 193 Å². The van der Waals surface area contributed by atoms with Crippen LogP contribution in [0.15, 0.2) is 218 Å². The molecule has 0 radical (unpaired) electrons. The van der Waals surface area contributed by atoms with E-state index in [2.05, 4.69) is 4.85 Å². The van der Waals surface area contributed by atoms with Gasteiger partial charge in [-0.05, 0) is 72.3 Å². The highest BCUT2D eigenvalue weighted by Crippen LogP contribution is 2.46. The highest BCUT2D eigenvalue weighted by molar-refractivity contribution is 6.12. The first kappa shape index (κ1) is 40.4. The van der Waals surface area contributed by atoms with Crippen LogP contribution in [0.1, 0.15) is 5.56 Å². The molecule has 12 aromatic rings. The second-order valence-corrected chi connectivity index (χ2v) is 16.8. The summed E-state index contributed by atoms with van der Waals surface area (Å²) in [6, 6.07) is 68.9. The van der Waals surface area contributed by atoms with Crippen molar-refractivity contribution in [2.24, 2.45) is 0 Å². The fraction of sp³-hybridized carbons (Fsp3) is 0.0167. The number of nitrogens with zero attached hydrogens (tertiary/aromatic N) is 5. The molecule has 0 amide bonds. The van der Waals surface area contributed by atoms with Gasteiger partial charge in [-0.25, -0.2) is 14.8 Å². The Morgan fingerprint density at radius 2 is 0.809 bits per heavy atom. The number of rotatable bonds is 7. The number of para-hydroxylation sites is 2. The van der Waals surface area contributed by atoms with Crippen LogP contribution in [0.25, 0.3) is 116 Å². The average Bonchev–Trinajstić information content (AvgIpc) is 3.90. The molecule has 0 aliphatic carbocycles. The minimum absolute atomic E-state index is 0.0396. The SMILES string of the molecule is [C-]#[N+]c1cccc(-c2cc(-n3c4ccccc4c4ccc(-c5cccc(-c6ccccc6)n5)cc43)c(C(F)(F)F)cc2-n2c3ccccc3c3ccc(-c4cccc(-c5ccccc5)n4)cc32)c1. The summed E-state index contributed by atoms with van der Waals surface area (Å²) in [6.45, 7) is 7.95. The largest absolute Gasteiger partial charge is 0.418 e. The summed E-state index contributed by atoms with van der Waals surface area (Å²) in [4.78, 5) is 13.8. The van der Waals surface area contributed by atoms with Gasteiger partial charge in [-0.15, -0.1) is 0 Å². The molecule has 68 heavy (non-hydrogen) atoms. The molecule has 0 saturated carbocycles. The average molecular weight is 884 g/mol. The topological polar surface area (TPSA) is 40.0 Å². The molecular formula is C60H36F3N5. The van der Waals surface area contributed by atoms with Crippen molar-refractivity contribution in [1.82, 2.24) is 19.1 Å². The van der Waals surface area contributed by atoms with Crippen molar-refractivity contribution in [2.45, 2.75) is 6.18 Å². The third-order valence-electron chi connectivity index (χ3n) is 12.8. The standard InChI is InChI=1S/C60H36F3N5/c1-64-43-20-12-19-40(33-43)48-36-59(68-55-28-11-9-22-45(55)47-32-30-42(35-57(47)68)53-26-14-24-51(66-53)39-17-6-3-7-18-39)49(60(61,62)63)37-58(48)67-54-27-10-8-21-44(54)46-31-29-41(34-56(46)67)52-25-13-23-50(65-52)38-15-4-2-5-16-38/h2-37H. The summed E-state index contributed by atoms with van der Waals surface area (Å²) >= 11 is 0. The number of benzene rings is 8. The molecule has 4 heterocycles. The van der Waals surface area contributed by atoms with Crippen molar-refractivity contribution in [3.05, 3.63) is 235 Å². The van der Waals surface area contributed by atoms with Gasteiger partial charge in [0.15, 0.2) is 5.69 Å². The Morgan fingerprint density at radius 3 is 1.32 bits per heavy atom. The first-order valence-corrected chi connectivity index (χ1v) is 22.2. The second kappa shape index (κ2) is 16.1. The molecule has 5 nitrogen and oxygen atoms in total. The molecule has 0 spiro atoms. The van der Waals surface area contributed by atoms with E-state index in [-0.39, 0.29) is 5.69 Å². The second-order valence-electron chi connectivity index (χ2n) is 16.8. The summed E-state index contributed by atoms with van der Waals surface area (Å²) < 4.78 is 52.5. The lowest BCUT2D eigenvalue weighted by Crippen LogP contribution is -2.13. The van der Waals surface area contributed by atoms with E-state index < -0.39 is 11.7 Å². The fourth-order valence-electron chi connectivity index (χ4n) is 9.66. The predicted octanol–water partition coefficient (Wildman–Crippen LogP) is 16.6. The lowest BCUT2D eigenvalue weighted by molar-refractivity contribution is -0.137. The number of pyridine rings is 2. The number of halogens is 3. The monoisotopic (exact) mass is 883 g/mol. The lowest BCUT2D eigenvalue weighted by atomic mass is 9.98. The van der Waals surface area contributed by atoms with Crippen LogP contribution in [-0.2, 0) is 6.18 Å². The van der Waals surface area contributed by atoms with Crippen molar-refractivity contribution in [3.63, 3.8) is 0 Å². The van der Waals surface area contributed by atoms with Crippen LogP contribution in [0.4, 0.5) is 18.9 Å². The third-order valence-corrected chi connectivity index (χ3v) is 12.8. The van der Waals surface area contributed by atoms with Crippen molar-refractivity contribution in [3.8, 4) is 67.5 Å². The Bertz CT molecular complexity index is 3970. The maximum absolute atomic E-state index is 16.3. The third kappa shape index (κ3) is 6.88. The molecule has 0 unspecified atom stereocenters. The quantitative estimate of drug-likeness (QED) is 0.150. The first-order valence-electron chi connectivity index (χ1n) is 22.2. The first-order chi connectivity index (χ1) is 33.3. The minimum atomic E-state index is -4.80. The van der Waals surface area contributed by atoms with E-state index >= 15 is 13.2 Å². The maximum atomic E-state index is 16.3.